The normalized spacial score (nSPS) is 11.2. The number of amides is 2. The summed E-state index contributed by atoms with van der Waals surface area (Å²) < 4.78 is 22.9. The lowest BCUT2D eigenvalue weighted by molar-refractivity contribution is 0.252. The van der Waals surface area contributed by atoms with Crippen LogP contribution >= 0.6 is 0 Å². The van der Waals surface area contributed by atoms with Crippen molar-refractivity contribution in [2.45, 2.75) is 11.4 Å². The first-order chi connectivity index (χ1) is 11.9. The maximum Gasteiger partial charge on any atom is 0.319 e. The zero-order chi connectivity index (χ0) is 17.9. The number of nitrogens with zero attached hydrogens (tertiary/aromatic N) is 1. The van der Waals surface area contributed by atoms with Gasteiger partial charge >= 0.3 is 6.03 Å². The van der Waals surface area contributed by atoms with Crippen LogP contribution in [0, 0.1) is 0 Å². The molecular formula is C18H17N3O3S. The molecule has 1 aromatic heterocycles. The van der Waals surface area contributed by atoms with E-state index in [1.54, 1.807) is 24.5 Å². The van der Waals surface area contributed by atoms with Gasteiger partial charge in [-0.05, 0) is 29.8 Å². The van der Waals surface area contributed by atoms with Crippen LogP contribution in [0.1, 0.15) is 5.56 Å². The molecule has 0 radical (unpaired) electrons. The van der Waals surface area contributed by atoms with Gasteiger partial charge in [0.05, 0.1) is 10.6 Å². The van der Waals surface area contributed by atoms with Gasteiger partial charge in [-0.15, -0.1) is 0 Å². The molecule has 2 amide bonds. The van der Waals surface area contributed by atoms with Crippen molar-refractivity contribution in [1.29, 1.82) is 0 Å². The lowest BCUT2D eigenvalue weighted by atomic mass is 10.1. The summed E-state index contributed by atoms with van der Waals surface area (Å²) in [4.78, 5) is 16.4. The van der Waals surface area contributed by atoms with Gasteiger partial charge in [-0.3, -0.25) is 4.98 Å². The highest BCUT2D eigenvalue weighted by Gasteiger charge is 2.08. The van der Waals surface area contributed by atoms with Crippen LogP contribution in [0.5, 0.6) is 0 Å². The number of rotatable bonds is 4. The number of benzene rings is 2. The number of carbonyl (C=O) groups is 1. The second-order valence-electron chi connectivity index (χ2n) is 5.63. The summed E-state index contributed by atoms with van der Waals surface area (Å²) in [5, 5.41) is 7.42. The Bertz CT molecular complexity index is 1010. The minimum Gasteiger partial charge on any atom is -0.334 e. The van der Waals surface area contributed by atoms with Gasteiger partial charge in [0.25, 0.3) is 0 Å². The zero-order valence-corrected chi connectivity index (χ0v) is 14.4. The summed E-state index contributed by atoms with van der Waals surface area (Å²) in [6.07, 6.45) is 4.57. The van der Waals surface area contributed by atoms with E-state index in [0.717, 1.165) is 22.6 Å². The molecule has 0 atom stereocenters. The van der Waals surface area contributed by atoms with Crippen LogP contribution in [0.2, 0.25) is 0 Å². The van der Waals surface area contributed by atoms with E-state index in [2.05, 4.69) is 15.6 Å². The maximum absolute atomic E-state index is 12.1. The second kappa shape index (κ2) is 6.90. The third-order valence-electron chi connectivity index (χ3n) is 3.73. The van der Waals surface area contributed by atoms with Gasteiger partial charge in [0.1, 0.15) is 0 Å². The van der Waals surface area contributed by atoms with Gasteiger partial charge in [0.15, 0.2) is 9.84 Å². The van der Waals surface area contributed by atoms with Gasteiger partial charge in [-0.1, -0.05) is 24.3 Å². The van der Waals surface area contributed by atoms with Crippen molar-refractivity contribution in [3.63, 3.8) is 0 Å². The predicted molar refractivity (Wildman–Crippen MR) is 97.2 cm³/mol. The summed E-state index contributed by atoms with van der Waals surface area (Å²) in [6, 6.07) is 13.5. The molecule has 2 aromatic carbocycles. The first kappa shape index (κ1) is 16.9. The average Bonchev–Trinajstić information content (AvgIpc) is 2.60. The van der Waals surface area contributed by atoms with Crippen LogP contribution < -0.4 is 10.6 Å². The highest BCUT2D eigenvalue weighted by molar-refractivity contribution is 7.90. The van der Waals surface area contributed by atoms with Crippen LogP contribution in [-0.2, 0) is 16.4 Å². The van der Waals surface area contributed by atoms with Crippen molar-refractivity contribution in [2.24, 2.45) is 0 Å². The zero-order valence-electron chi connectivity index (χ0n) is 13.6. The van der Waals surface area contributed by atoms with Crippen molar-refractivity contribution in [2.75, 3.05) is 11.6 Å². The third kappa shape index (κ3) is 4.13. The number of fused-ring (bicyclic) bond motifs is 1. The summed E-state index contributed by atoms with van der Waals surface area (Å²) in [7, 11) is -3.22. The topological polar surface area (TPSA) is 88.2 Å². The summed E-state index contributed by atoms with van der Waals surface area (Å²) in [5.41, 5.74) is 1.51. The molecule has 0 saturated carbocycles. The first-order valence-corrected chi connectivity index (χ1v) is 9.49. The molecule has 6 nitrogen and oxygen atoms in total. The molecule has 3 aromatic rings. The Morgan fingerprint density at radius 1 is 1.08 bits per heavy atom. The minimum atomic E-state index is -3.22. The molecule has 0 unspecified atom stereocenters. The monoisotopic (exact) mass is 355 g/mol. The molecule has 0 fully saturated rings. The Labute approximate surface area is 145 Å². The molecule has 2 N–H and O–H groups in total. The molecular weight excluding hydrogens is 338 g/mol. The van der Waals surface area contributed by atoms with Crippen molar-refractivity contribution >= 4 is 32.3 Å². The van der Waals surface area contributed by atoms with Crippen LogP contribution in [-0.4, -0.2) is 25.7 Å². The van der Waals surface area contributed by atoms with Crippen LogP contribution in [0.3, 0.4) is 0 Å². The standard InChI is InChI=1S/C18H17N3O3S/c1-25(23,24)15-7-5-13(6-8-15)11-20-18(22)21-17-4-2-3-14-12-19-10-9-16(14)17/h2-10,12H,11H2,1H3,(H2,20,21,22). The molecule has 0 aliphatic carbocycles. The largest absolute Gasteiger partial charge is 0.334 e. The predicted octanol–water partition coefficient (Wildman–Crippen LogP) is 2.96. The second-order valence-corrected chi connectivity index (χ2v) is 7.64. The molecule has 25 heavy (non-hydrogen) atoms. The van der Waals surface area contributed by atoms with Crippen molar-refractivity contribution < 1.29 is 13.2 Å². The number of urea groups is 1. The number of carbonyl (C=O) groups excluding carboxylic acids is 1. The number of hydrogen-bond acceptors (Lipinski definition) is 4. The SMILES string of the molecule is CS(=O)(=O)c1ccc(CNC(=O)Nc2cccc3cnccc23)cc1. The number of anilines is 1. The summed E-state index contributed by atoms with van der Waals surface area (Å²) >= 11 is 0. The minimum absolute atomic E-state index is 0.255. The highest BCUT2D eigenvalue weighted by Crippen LogP contribution is 2.21. The molecule has 0 saturated heterocycles. The number of hydrogen-bond donors (Lipinski definition) is 2. The Morgan fingerprint density at radius 3 is 2.56 bits per heavy atom. The van der Waals surface area contributed by atoms with Gasteiger partial charge in [0, 0.05) is 36.0 Å². The van der Waals surface area contributed by atoms with Gasteiger partial charge < -0.3 is 10.6 Å². The number of sulfone groups is 1. The summed E-state index contributed by atoms with van der Waals surface area (Å²) in [5.74, 6) is 0. The smallest absolute Gasteiger partial charge is 0.319 e. The van der Waals surface area contributed by atoms with E-state index in [1.165, 1.54) is 12.1 Å². The Kier molecular flexibility index (Phi) is 4.67. The number of aromatic nitrogens is 1. The lowest BCUT2D eigenvalue weighted by Crippen LogP contribution is -2.28. The van der Waals surface area contributed by atoms with Crippen molar-refractivity contribution in [3.05, 3.63) is 66.5 Å². The average molecular weight is 355 g/mol. The van der Waals surface area contributed by atoms with Crippen molar-refractivity contribution in [3.8, 4) is 0 Å². The maximum atomic E-state index is 12.1. The third-order valence-corrected chi connectivity index (χ3v) is 4.86. The highest BCUT2D eigenvalue weighted by atomic mass is 32.2. The molecule has 0 spiro atoms. The van der Waals surface area contributed by atoms with Crippen LogP contribution in [0.25, 0.3) is 10.8 Å². The van der Waals surface area contributed by atoms with E-state index in [4.69, 9.17) is 0 Å². The Morgan fingerprint density at radius 2 is 1.84 bits per heavy atom. The fourth-order valence-corrected chi connectivity index (χ4v) is 3.07. The van der Waals surface area contributed by atoms with E-state index < -0.39 is 9.84 Å². The van der Waals surface area contributed by atoms with E-state index in [0.29, 0.717) is 12.2 Å². The van der Waals surface area contributed by atoms with Crippen molar-refractivity contribution in [1.82, 2.24) is 10.3 Å². The van der Waals surface area contributed by atoms with Gasteiger partial charge in [0.2, 0.25) is 0 Å². The molecule has 0 bridgehead atoms. The molecule has 0 aliphatic rings. The first-order valence-electron chi connectivity index (χ1n) is 7.60. The van der Waals surface area contributed by atoms with E-state index in [9.17, 15) is 13.2 Å². The molecule has 3 rings (SSSR count). The fourth-order valence-electron chi connectivity index (χ4n) is 2.43. The molecule has 128 valence electrons. The number of nitrogens with one attached hydrogen (secondary N) is 2. The lowest BCUT2D eigenvalue weighted by Gasteiger charge is -2.10. The summed E-state index contributed by atoms with van der Waals surface area (Å²) in [6.45, 7) is 0.294. The quantitative estimate of drug-likeness (QED) is 0.753. The van der Waals surface area contributed by atoms with Gasteiger partial charge in [-0.2, -0.15) is 0 Å². The molecule has 7 heteroatoms. The Balaban J connectivity index is 1.65. The number of pyridine rings is 1. The van der Waals surface area contributed by atoms with E-state index in [1.807, 2.05) is 24.3 Å². The van der Waals surface area contributed by atoms with Gasteiger partial charge in [-0.25, -0.2) is 13.2 Å². The van der Waals surface area contributed by atoms with Crippen LogP contribution in [0.15, 0.2) is 65.8 Å². The molecule has 1 heterocycles. The fraction of sp³-hybridized carbons (Fsp3) is 0.111. The van der Waals surface area contributed by atoms with E-state index in [-0.39, 0.29) is 10.9 Å². The van der Waals surface area contributed by atoms with Crippen LogP contribution in [0.4, 0.5) is 10.5 Å². The van der Waals surface area contributed by atoms with E-state index >= 15 is 0 Å². The molecule has 0 aliphatic heterocycles. The Hall–Kier alpha value is -2.93.